The highest BCUT2D eigenvalue weighted by molar-refractivity contribution is 7.17. The quantitative estimate of drug-likeness (QED) is 0.286. The number of halogens is 4. The second kappa shape index (κ2) is 11.3. The van der Waals surface area contributed by atoms with E-state index in [9.17, 15) is 18.0 Å². The van der Waals surface area contributed by atoms with E-state index in [0.29, 0.717) is 64.4 Å². The van der Waals surface area contributed by atoms with Crippen molar-refractivity contribution in [3.05, 3.63) is 75.5 Å². The molecule has 2 N–H and O–H groups in total. The molecule has 1 saturated heterocycles. The van der Waals surface area contributed by atoms with Crippen LogP contribution in [0.4, 0.5) is 41.6 Å². The standard InChI is InChI=1S/C26H24ClF3N8OS/c1-15-5-3-8-19(27)21(15)34-22(39)20-14-31-25(40-20)36-23-32-16(2)33-24(35-23)38-11-9-37(10-12-38)18-7-4-6-17(13-18)26(28,29)30/h3-8,13-14H,9-12H2,1-2H3,(H,34,39)(H,31,32,33,35,36). The van der Waals surface area contributed by atoms with E-state index in [1.165, 1.54) is 18.3 Å². The smallest absolute Gasteiger partial charge is 0.368 e. The fraction of sp³-hybridized carbons (Fsp3) is 0.269. The van der Waals surface area contributed by atoms with E-state index >= 15 is 0 Å². The molecule has 208 valence electrons. The maximum absolute atomic E-state index is 13.1. The van der Waals surface area contributed by atoms with E-state index < -0.39 is 11.7 Å². The van der Waals surface area contributed by atoms with Crippen molar-refractivity contribution in [1.82, 2.24) is 19.9 Å². The van der Waals surface area contributed by atoms with Crippen LogP contribution >= 0.6 is 22.9 Å². The number of carbonyl (C=O) groups is 1. The number of carbonyl (C=O) groups excluding carboxylic acids is 1. The lowest BCUT2D eigenvalue weighted by Crippen LogP contribution is -2.47. The molecule has 1 fully saturated rings. The number of benzene rings is 2. The van der Waals surface area contributed by atoms with E-state index in [0.717, 1.165) is 23.0 Å². The molecule has 0 bridgehead atoms. The number of nitrogens with one attached hydrogen (secondary N) is 2. The molecular formula is C26H24ClF3N8OS. The van der Waals surface area contributed by atoms with Crippen molar-refractivity contribution in [2.75, 3.05) is 46.6 Å². The summed E-state index contributed by atoms with van der Waals surface area (Å²) in [6.07, 6.45) is -2.93. The normalized spacial score (nSPS) is 13.8. The van der Waals surface area contributed by atoms with Gasteiger partial charge in [0.1, 0.15) is 10.7 Å². The number of anilines is 5. The van der Waals surface area contributed by atoms with Gasteiger partial charge >= 0.3 is 6.18 Å². The monoisotopic (exact) mass is 588 g/mol. The predicted octanol–water partition coefficient (Wildman–Crippen LogP) is 5.94. The van der Waals surface area contributed by atoms with E-state index in [1.807, 2.05) is 28.9 Å². The van der Waals surface area contributed by atoms with Gasteiger partial charge in [-0.15, -0.1) is 0 Å². The Kier molecular flexibility index (Phi) is 7.76. The van der Waals surface area contributed by atoms with Gasteiger partial charge in [-0.1, -0.05) is 41.1 Å². The fourth-order valence-corrected chi connectivity index (χ4v) is 5.18. The molecule has 0 saturated carbocycles. The van der Waals surface area contributed by atoms with Crippen molar-refractivity contribution in [2.24, 2.45) is 0 Å². The number of aryl methyl sites for hydroxylation is 2. The first-order valence-electron chi connectivity index (χ1n) is 12.3. The molecular weight excluding hydrogens is 565 g/mol. The van der Waals surface area contributed by atoms with Crippen LogP contribution in [0.5, 0.6) is 0 Å². The average Bonchev–Trinajstić information content (AvgIpc) is 3.39. The Morgan fingerprint density at radius 1 is 1.00 bits per heavy atom. The van der Waals surface area contributed by atoms with Crippen molar-refractivity contribution in [3.8, 4) is 0 Å². The molecule has 0 aliphatic carbocycles. The van der Waals surface area contributed by atoms with Gasteiger partial charge in [0.05, 0.1) is 22.5 Å². The summed E-state index contributed by atoms with van der Waals surface area (Å²) >= 11 is 7.36. The lowest BCUT2D eigenvalue weighted by atomic mass is 10.1. The summed E-state index contributed by atoms with van der Waals surface area (Å²) in [6, 6.07) is 10.7. The number of alkyl halides is 3. The third-order valence-electron chi connectivity index (χ3n) is 6.25. The van der Waals surface area contributed by atoms with Gasteiger partial charge in [-0.2, -0.15) is 28.1 Å². The number of piperazine rings is 1. The van der Waals surface area contributed by atoms with E-state index in [4.69, 9.17) is 11.6 Å². The van der Waals surface area contributed by atoms with Gasteiger partial charge in [-0.3, -0.25) is 10.1 Å². The molecule has 2 aromatic heterocycles. The molecule has 1 aliphatic rings. The number of hydrogen-bond acceptors (Lipinski definition) is 9. The lowest BCUT2D eigenvalue weighted by Gasteiger charge is -2.36. The summed E-state index contributed by atoms with van der Waals surface area (Å²) < 4.78 is 39.4. The Bertz CT molecular complexity index is 1520. The Morgan fingerprint density at radius 2 is 1.73 bits per heavy atom. The number of amides is 1. The molecule has 0 radical (unpaired) electrons. The van der Waals surface area contributed by atoms with Crippen molar-refractivity contribution in [2.45, 2.75) is 20.0 Å². The third-order valence-corrected chi connectivity index (χ3v) is 7.47. The van der Waals surface area contributed by atoms with Crippen LogP contribution in [0.1, 0.15) is 26.6 Å². The first kappa shape index (κ1) is 27.6. The molecule has 5 rings (SSSR count). The highest BCUT2D eigenvalue weighted by Crippen LogP contribution is 2.32. The summed E-state index contributed by atoms with van der Waals surface area (Å²) in [5, 5.41) is 6.73. The Hall–Kier alpha value is -3.97. The highest BCUT2D eigenvalue weighted by Gasteiger charge is 2.31. The average molecular weight is 589 g/mol. The summed E-state index contributed by atoms with van der Waals surface area (Å²) in [7, 11) is 0. The first-order chi connectivity index (χ1) is 19.1. The summed E-state index contributed by atoms with van der Waals surface area (Å²) in [6.45, 7) is 5.63. The van der Waals surface area contributed by atoms with Gasteiger partial charge in [-0.25, -0.2) is 4.98 Å². The van der Waals surface area contributed by atoms with Gasteiger partial charge in [0.15, 0.2) is 5.13 Å². The first-order valence-corrected chi connectivity index (χ1v) is 13.5. The number of aromatic nitrogens is 4. The van der Waals surface area contributed by atoms with Gasteiger partial charge in [0.25, 0.3) is 5.91 Å². The Labute approximate surface area is 237 Å². The molecule has 1 amide bonds. The molecule has 0 unspecified atom stereocenters. The van der Waals surface area contributed by atoms with Crippen molar-refractivity contribution < 1.29 is 18.0 Å². The van der Waals surface area contributed by atoms with Crippen molar-refractivity contribution >= 4 is 57.2 Å². The van der Waals surface area contributed by atoms with Crippen LogP contribution < -0.4 is 20.4 Å². The second-order valence-corrected chi connectivity index (χ2v) is 10.5. The van der Waals surface area contributed by atoms with Crippen LogP contribution in [-0.4, -0.2) is 52.0 Å². The van der Waals surface area contributed by atoms with Crippen LogP contribution in [0.15, 0.2) is 48.7 Å². The zero-order valence-corrected chi connectivity index (χ0v) is 23.0. The maximum atomic E-state index is 13.1. The zero-order valence-electron chi connectivity index (χ0n) is 21.5. The number of nitrogens with zero attached hydrogens (tertiary/aromatic N) is 6. The van der Waals surface area contributed by atoms with Crippen molar-refractivity contribution in [1.29, 1.82) is 0 Å². The lowest BCUT2D eigenvalue weighted by molar-refractivity contribution is -0.137. The third kappa shape index (κ3) is 6.26. The van der Waals surface area contributed by atoms with E-state index in [1.54, 1.807) is 19.1 Å². The minimum absolute atomic E-state index is 0.270. The number of thiazole rings is 1. The maximum Gasteiger partial charge on any atom is 0.416 e. The summed E-state index contributed by atoms with van der Waals surface area (Å²) in [4.78, 5) is 34.6. The predicted molar refractivity (Wildman–Crippen MR) is 150 cm³/mol. The highest BCUT2D eigenvalue weighted by atomic mass is 35.5. The largest absolute Gasteiger partial charge is 0.416 e. The van der Waals surface area contributed by atoms with Gasteiger partial charge in [0, 0.05) is 31.9 Å². The molecule has 40 heavy (non-hydrogen) atoms. The minimum Gasteiger partial charge on any atom is -0.368 e. The van der Waals surface area contributed by atoms with Crippen LogP contribution in [-0.2, 0) is 6.18 Å². The molecule has 1 aliphatic heterocycles. The van der Waals surface area contributed by atoms with Crippen LogP contribution in [0, 0.1) is 13.8 Å². The summed E-state index contributed by atoms with van der Waals surface area (Å²) in [5.74, 6) is 0.859. The Morgan fingerprint density at radius 3 is 2.45 bits per heavy atom. The number of rotatable bonds is 6. The van der Waals surface area contributed by atoms with Crippen LogP contribution in [0.25, 0.3) is 0 Å². The minimum atomic E-state index is -4.39. The van der Waals surface area contributed by atoms with Crippen LogP contribution in [0.2, 0.25) is 5.02 Å². The molecule has 14 heteroatoms. The molecule has 3 heterocycles. The SMILES string of the molecule is Cc1nc(Nc2ncc(C(=O)Nc3c(C)cccc3Cl)s2)nc(N2CCN(c3cccc(C(F)(F)F)c3)CC2)n1. The molecule has 0 atom stereocenters. The molecule has 2 aromatic carbocycles. The zero-order chi connectivity index (χ0) is 28.4. The van der Waals surface area contributed by atoms with Gasteiger partial charge in [0.2, 0.25) is 11.9 Å². The topological polar surface area (TPSA) is 99.2 Å². The fourth-order valence-electron chi connectivity index (χ4n) is 4.21. The Balaban J connectivity index is 1.24. The number of para-hydroxylation sites is 1. The summed E-state index contributed by atoms with van der Waals surface area (Å²) in [5.41, 5.74) is 1.24. The molecule has 0 spiro atoms. The molecule has 4 aromatic rings. The molecule has 9 nitrogen and oxygen atoms in total. The second-order valence-electron chi connectivity index (χ2n) is 9.07. The van der Waals surface area contributed by atoms with Crippen molar-refractivity contribution in [3.63, 3.8) is 0 Å². The van der Waals surface area contributed by atoms with Gasteiger partial charge < -0.3 is 15.1 Å². The number of hydrogen-bond donors (Lipinski definition) is 2. The van der Waals surface area contributed by atoms with E-state index in [2.05, 4.69) is 30.6 Å². The van der Waals surface area contributed by atoms with E-state index in [-0.39, 0.29) is 11.9 Å². The van der Waals surface area contributed by atoms with Gasteiger partial charge in [-0.05, 0) is 43.7 Å². The van der Waals surface area contributed by atoms with Crippen LogP contribution in [0.3, 0.4) is 0 Å².